The molecule has 4 heteroatoms. The zero-order chi connectivity index (χ0) is 15.9. The third-order valence-corrected chi connectivity index (χ3v) is 3.14. The summed E-state index contributed by atoms with van der Waals surface area (Å²) < 4.78 is 10.3. The Bertz CT molecular complexity index is 757. The van der Waals surface area contributed by atoms with Crippen molar-refractivity contribution in [2.24, 2.45) is 0 Å². The van der Waals surface area contributed by atoms with E-state index in [4.69, 9.17) is 9.47 Å². The highest BCUT2D eigenvalue weighted by atomic mass is 16.5. The van der Waals surface area contributed by atoms with Gasteiger partial charge in [-0.05, 0) is 24.3 Å². The Morgan fingerprint density at radius 3 is 2.55 bits per heavy atom. The first-order valence-corrected chi connectivity index (χ1v) is 6.63. The van der Waals surface area contributed by atoms with Crippen molar-refractivity contribution in [3.63, 3.8) is 0 Å². The van der Waals surface area contributed by atoms with Gasteiger partial charge in [-0.15, -0.1) is 0 Å². The van der Waals surface area contributed by atoms with Crippen molar-refractivity contribution in [3.8, 4) is 17.6 Å². The lowest BCUT2D eigenvalue weighted by molar-refractivity contribution is 0.103. The Hall–Kier alpha value is -3.06. The smallest absolute Gasteiger partial charge is 0.203 e. The molecule has 0 aliphatic carbocycles. The number of para-hydroxylation sites is 1. The molecule has 0 fully saturated rings. The van der Waals surface area contributed by atoms with Gasteiger partial charge >= 0.3 is 0 Å². The van der Waals surface area contributed by atoms with Crippen LogP contribution < -0.4 is 9.47 Å². The molecule has 4 nitrogen and oxygen atoms in total. The number of nitrogens with zero attached hydrogens (tertiary/aromatic N) is 1. The van der Waals surface area contributed by atoms with Crippen LogP contribution in [0.2, 0.25) is 0 Å². The van der Waals surface area contributed by atoms with Crippen molar-refractivity contribution in [1.82, 2.24) is 0 Å². The van der Waals surface area contributed by atoms with E-state index in [1.165, 1.54) is 13.2 Å². The van der Waals surface area contributed by atoms with Gasteiger partial charge in [0.1, 0.15) is 23.1 Å². The fourth-order valence-electron chi connectivity index (χ4n) is 2.01. The van der Waals surface area contributed by atoms with E-state index < -0.39 is 0 Å². The summed E-state index contributed by atoms with van der Waals surface area (Å²) in [6.45, 7) is 0. The number of hydrogen-bond donors (Lipinski definition) is 0. The molecule has 22 heavy (non-hydrogen) atoms. The molecule has 2 aromatic rings. The van der Waals surface area contributed by atoms with Gasteiger partial charge in [-0.1, -0.05) is 30.3 Å². The number of hydrogen-bond acceptors (Lipinski definition) is 4. The lowest BCUT2D eigenvalue weighted by Gasteiger charge is -2.05. The fourth-order valence-corrected chi connectivity index (χ4v) is 2.01. The number of methoxy groups -OCH3 is 2. The van der Waals surface area contributed by atoms with Gasteiger partial charge < -0.3 is 9.47 Å². The molecule has 0 aliphatic rings. The van der Waals surface area contributed by atoms with E-state index in [9.17, 15) is 10.1 Å². The second kappa shape index (κ2) is 7.09. The van der Waals surface area contributed by atoms with Gasteiger partial charge in [-0.2, -0.15) is 5.26 Å². The minimum atomic E-state index is -0.354. The summed E-state index contributed by atoms with van der Waals surface area (Å²) in [7, 11) is 3.07. The van der Waals surface area contributed by atoms with Crippen molar-refractivity contribution in [2.75, 3.05) is 14.2 Å². The van der Waals surface area contributed by atoms with E-state index >= 15 is 0 Å². The van der Waals surface area contributed by atoms with Crippen LogP contribution in [0.15, 0.2) is 54.1 Å². The van der Waals surface area contributed by atoms with Gasteiger partial charge in [0.2, 0.25) is 5.78 Å². The van der Waals surface area contributed by atoms with Crippen molar-refractivity contribution in [2.45, 2.75) is 0 Å². The number of allylic oxidation sites excluding steroid dienone is 1. The monoisotopic (exact) mass is 293 g/mol. The topological polar surface area (TPSA) is 59.3 Å². The van der Waals surface area contributed by atoms with E-state index in [0.29, 0.717) is 22.6 Å². The zero-order valence-electron chi connectivity index (χ0n) is 12.4. The predicted molar refractivity (Wildman–Crippen MR) is 83.9 cm³/mol. The average molecular weight is 293 g/mol. The molecule has 0 aromatic heterocycles. The van der Waals surface area contributed by atoms with Crippen molar-refractivity contribution in [3.05, 3.63) is 65.2 Å². The van der Waals surface area contributed by atoms with Crippen LogP contribution in [-0.4, -0.2) is 20.0 Å². The standard InChI is InChI=1S/C18H15NO3/c1-21-16-8-5-7-14(11-16)18(20)15(12-19)10-13-6-3-4-9-17(13)22-2/h3-11H,1-2H3/b15-10+. The summed E-state index contributed by atoms with van der Waals surface area (Å²) >= 11 is 0. The SMILES string of the molecule is COc1cccc(C(=O)/C(C#N)=C/c2ccccc2OC)c1. The first-order valence-electron chi connectivity index (χ1n) is 6.63. The van der Waals surface area contributed by atoms with Crippen LogP contribution in [0.5, 0.6) is 11.5 Å². The lowest BCUT2D eigenvalue weighted by Crippen LogP contribution is -2.02. The van der Waals surface area contributed by atoms with Crippen LogP contribution in [-0.2, 0) is 0 Å². The Balaban J connectivity index is 2.41. The van der Waals surface area contributed by atoms with Crippen molar-refractivity contribution in [1.29, 1.82) is 5.26 Å². The summed E-state index contributed by atoms with van der Waals surface area (Å²) in [6.07, 6.45) is 1.53. The molecule has 0 saturated heterocycles. The van der Waals surface area contributed by atoms with Crippen LogP contribution in [0.1, 0.15) is 15.9 Å². The molecular weight excluding hydrogens is 278 g/mol. The number of nitriles is 1. The normalized spacial score (nSPS) is 10.7. The summed E-state index contributed by atoms with van der Waals surface area (Å²) in [4.78, 5) is 12.5. The van der Waals surface area contributed by atoms with E-state index in [2.05, 4.69) is 0 Å². The second-order valence-electron chi connectivity index (χ2n) is 4.47. The maximum atomic E-state index is 12.5. The highest BCUT2D eigenvalue weighted by molar-refractivity contribution is 6.14. The average Bonchev–Trinajstić information content (AvgIpc) is 2.59. The molecule has 0 N–H and O–H groups in total. The van der Waals surface area contributed by atoms with Gasteiger partial charge in [0.25, 0.3) is 0 Å². The van der Waals surface area contributed by atoms with Crippen molar-refractivity contribution < 1.29 is 14.3 Å². The van der Waals surface area contributed by atoms with E-state index in [0.717, 1.165) is 0 Å². The number of ketones is 1. The molecule has 0 unspecified atom stereocenters. The molecule has 0 saturated carbocycles. The van der Waals surface area contributed by atoms with Crippen LogP contribution in [0.4, 0.5) is 0 Å². The minimum absolute atomic E-state index is 0.0396. The molecule has 0 heterocycles. The van der Waals surface area contributed by atoms with E-state index in [-0.39, 0.29) is 11.4 Å². The highest BCUT2D eigenvalue weighted by Gasteiger charge is 2.13. The molecule has 110 valence electrons. The highest BCUT2D eigenvalue weighted by Crippen LogP contribution is 2.22. The summed E-state index contributed by atoms with van der Waals surface area (Å²) in [6, 6.07) is 15.9. The Morgan fingerprint density at radius 1 is 1.09 bits per heavy atom. The van der Waals surface area contributed by atoms with Crippen LogP contribution >= 0.6 is 0 Å². The summed E-state index contributed by atoms with van der Waals surface area (Å²) in [5.41, 5.74) is 1.12. The Labute approximate surface area is 129 Å². The van der Waals surface area contributed by atoms with Gasteiger partial charge in [-0.25, -0.2) is 0 Å². The molecule has 0 aliphatic heterocycles. The number of benzene rings is 2. The number of Topliss-reactive ketones (excluding diaryl/α,β-unsaturated/α-hetero) is 1. The van der Waals surface area contributed by atoms with Crippen LogP contribution in [0.25, 0.3) is 6.08 Å². The Morgan fingerprint density at radius 2 is 1.86 bits per heavy atom. The lowest BCUT2D eigenvalue weighted by atomic mass is 10.0. The van der Waals surface area contributed by atoms with E-state index in [1.807, 2.05) is 18.2 Å². The van der Waals surface area contributed by atoms with Crippen LogP contribution in [0, 0.1) is 11.3 Å². The third-order valence-electron chi connectivity index (χ3n) is 3.14. The molecule has 0 amide bonds. The number of ether oxygens (including phenoxy) is 2. The van der Waals surface area contributed by atoms with Gasteiger partial charge in [-0.3, -0.25) is 4.79 Å². The van der Waals surface area contributed by atoms with Gasteiger partial charge in [0, 0.05) is 11.1 Å². The van der Waals surface area contributed by atoms with E-state index in [1.54, 1.807) is 43.5 Å². The quantitative estimate of drug-likeness (QED) is 0.481. The van der Waals surface area contributed by atoms with Crippen molar-refractivity contribution >= 4 is 11.9 Å². The maximum Gasteiger partial charge on any atom is 0.203 e. The fraction of sp³-hybridized carbons (Fsp3) is 0.111. The molecular formula is C18H15NO3. The third kappa shape index (κ3) is 3.33. The summed E-state index contributed by atoms with van der Waals surface area (Å²) in [5.74, 6) is 0.821. The first kappa shape index (κ1) is 15.3. The number of carbonyl (C=O) groups is 1. The van der Waals surface area contributed by atoms with Gasteiger partial charge in [0.15, 0.2) is 0 Å². The molecule has 0 radical (unpaired) electrons. The molecule has 0 spiro atoms. The number of rotatable bonds is 5. The summed E-state index contributed by atoms with van der Waals surface area (Å²) in [5, 5.41) is 9.30. The molecule has 0 bridgehead atoms. The maximum absolute atomic E-state index is 12.5. The second-order valence-corrected chi connectivity index (χ2v) is 4.47. The number of carbonyl (C=O) groups excluding carboxylic acids is 1. The first-order chi connectivity index (χ1) is 10.7. The minimum Gasteiger partial charge on any atom is -0.497 e. The predicted octanol–water partition coefficient (Wildman–Crippen LogP) is 3.49. The largest absolute Gasteiger partial charge is 0.497 e. The Kier molecular flexibility index (Phi) is 4.94. The van der Waals surface area contributed by atoms with Crippen LogP contribution in [0.3, 0.4) is 0 Å². The molecule has 2 aromatic carbocycles. The zero-order valence-corrected chi connectivity index (χ0v) is 12.4. The van der Waals surface area contributed by atoms with Gasteiger partial charge in [0.05, 0.1) is 14.2 Å². The molecule has 2 rings (SSSR count). The molecule has 0 atom stereocenters.